The number of thiophene rings is 1. The molecule has 102 valence electrons. The average Bonchev–Trinajstić information content (AvgIpc) is 2.98. The minimum atomic E-state index is 0.0226. The van der Waals surface area contributed by atoms with Crippen molar-refractivity contribution in [2.75, 3.05) is 13.1 Å². The van der Waals surface area contributed by atoms with E-state index in [0.717, 1.165) is 17.1 Å². The third-order valence-corrected chi connectivity index (χ3v) is 4.54. The van der Waals surface area contributed by atoms with E-state index in [1.165, 1.54) is 9.75 Å². The van der Waals surface area contributed by atoms with Crippen LogP contribution in [-0.2, 0) is 11.2 Å². The van der Waals surface area contributed by atoms with E-state index < -0.39 is 0 Å². The Kier molecular flexibility index (Phi) is 5.07. The van der Waals surface area contributed by atoms with Crippen molar-refractivity contribution in [2.24, 2.45) is 5.73 Å². The van der Waals surface area contributed by atoms with Gasteiger partial charge >= 0.3 is 0 Å². The van der Waals surface area contributed by atoms with E-state index in [4.69, 9.17) is 5.73 Å². The fraction of sp³-hybridized carbons (Fsp3) is 0.385. The monoisotopic (exact) mass is 295 g/mol. The average molecular weight is 295 g/mol. The van der Waals surface area contributed by atoms with Gasteiger partial charge in [0.25, 0.3) is 0 Å². The number of nitrogens with zero attached hydrogens (tertiary/aromatic N) is 1. The zero-order chi connectivity index (χ0) is 13.7. The van der Waals surface area contributed by atoms with Gasteiger partial charge in [0, 0.05) is 29.8 Å². The number of thiazole rings is 1. The lowest BCUT2D eigenvalue weighted by molar-refractivity contribution is -0.120. The van der Waals surface area contributed by atoms with E-state index in [-0.39, 0.29) is 5.91 Å². The Labute approximate surface area is 120 Å². The zero-order valence-corrected chi connectivity index (χ0v) is 12.4. The summed E-state index contributed by atoms with van der Waals surface area (Å²) in [6, 6.07) is 4.19. The molecule has 4 nitrogen and oxygen atoms in total. The lowest BCUT2D eigenvalue weighted by Gasteiger charge is -2.02. The molecule has 6 heteroatoms. The minimum absolute atomic E-state index is 0.0226. The molecular formula is C13H17N3OS2. The van der Waals surface area contributed by atoms with Gasteiger partial charge in [-0.25, -0.2) is 4.98 Å². The highest BCUT2D eigenvalue weighted by Gasteiger charge is 2.06. The van der Waals surface area contributed by atoms with Crippen molar-refractivity contribution in [3.63, 3.8) is 0 Å². The number of rotatable bonds is 6. The molecule has 0 unspecified atom stereocenters. The van der Waals surface area contributed by atoms with Crippen LogP contribution in [0.4, 0.5) is 0 Å². The molecule has 19 heavy (non-hydrogen) atoms. The summed E-state index contributed by atoms with van der Waals surface area (Å²) >= 11 is 3.39. The summed E-state index contributed by atoms with van der Waals surface area (Å²) < 4.78 is 0. The Hall–Kier alpha value is -1.24. The van der Waals surface area contributed by atoms with E-state index in [9.17, 15) is 4.79 Å². The molecule has 2 heterocycles. The first kappa shape index (κ1) is 14.2. The number of nitrogens with two attached hydrogens (primary N) is 1. The van der Waals surface area contributed by atoms with Gasteiger partial charge in [-0.3, -0.25) is 4.79 Å². The van der Waals surface area contributed by atoms with Crippen LogP contribution >= 0.6 is 22.7 Å². The first-order chi connectivity index (χ1) is 9.19. The largest absolute Gasteiger partial charge is 0.356 e. The Morgan fingerprint density at radius 3 is 3.00 bits per heavy atom. The highest BCUT2D eigenvalue weighted by atomic mass is 32.1. The molecule has 2 aromatic heterocycles. The smallest absolute Gasteiger partial charge is 0.221 e. The van der Waals surface area contributed by atoms with Gasteiger partial charge in [0.15, 0.2) is 0 Å². The van der Waals surface area contributed by atoms with Crippen LogP contribution in [0, 0.1) is 6.92 Å². The van der Waals surface area contributed by atoms with E-state index in [1.54, 1.807) is 22.7 Å². The molecular weight excluding hydrogens is 278 g/mol. The highest BCUT2D eigenvalue weighted by Crippen LogP contribution is 2.29. The molecule has 0 fully saturated rings. The van der Waals surface area contributed by atoms with Crippen molar-refractivity contribution in [2.45, 2.75) is 19.8 Å². The van der Waals surface area contributed by atoms with Crippen LogP contribution in [0.5, 0.6) is 0 Å². The minimum Gasteiger partial charge on any atom is -0.356 e. The van der Waals surface area contributed by atoms with Gasteiger partial charge in [0.2, 0.25) is 5.91 Å². The van der Waals surface area contributed by atoms with Gasteiger partial charge in [0.1, 0.15) is 0 Å². The number of amides is 1. The Morgan fingerprint density at radius 1 is 1.47 bits per heavy atom. The lowest BCUT2D eigenvalue weighted by atomic mass is 10.3. The van der Waals surface area contributed by atoms with Crippen LogP contribution < -0.4 is 11.1 Å². The van der Waals surface area contributed by atoms with Crippen molar-refractivity contribution < 1.29 is 4.79 Å². The molecule has 0 aliphatic carbocycles. The summed E-state index contributed by atoms with van der Waals surface area (Å²) in [5, 5.41) is 6.02. The van der Waals surface area contributed by atoms with Crippen LogP contribution in [0.25, 0.3) is 10.6 Å². The van der Waals surface area contributed by atoms with Gasteiger partial charge in [-0.05, 0) is 25.5 Å². The topological polar surface area (TPSA) is 68.0 Å². The van der Waals surface area contributed by atoms with Crippen LogP contribution in [-0.4, -0.2) is 24.0 Å². The van der Waals surface area contributed by atoms with Crippen molar-refractivity contribution >= 4 is 28.6 Å². The van der Waals surface area contributed by atoms with Gasteiger partial charge in [0.05, 0.1) is 15.6 Å². The van der Waals surface area contributed by atoms with E-state index in [2.05, 4.69) is 27.8 Å². The van der Waals surface area contributed by atoms with Crippen LogP contribution in [0.3, 0.4) is 0 Å². The van der Waals surface area contributed by atoms with Crippen LogP contribution in [0.2, 0.25) is 0 Å². The normalized spacial score (nSPS) is 10.6. The summed E-state index contributed by atoms with van der Waals surface area (Å²) in [4.78, 5) is 18.2. The maximum atomic E-state index is 11.3. The first-order valence-corrected chi connectivity index (χ1v) is 7.86. The zero-order valence-electron chi connectivity index (χ0n) is 10.8. The van der Waals surface area contributed by atoms with Crippen molar-refractivity contribution in [1.82, 2.24) is 10.3 Å². The predicted octanol–water partition coefficient (Wildman–Crippen LogP) is 2.19. The van der Waals surface area contributed by atoms with E-state index >= 15 is 0 Å². The SMILES string of the molecule is Cc1nc(-c2ccc(CCNC(=O)CCN)s2)cs1. The Morgan fingerprint density at radius 2 is 2.32 bits per heavy atom. The van der Waals surface area contributed by atoms with Gasteiger partial charge in [-0.1, -0.05) is 0 Å². The molecule has 2 rings (SSSR count). The third kappa shape index (κ3) is 4.12. The lowest BCUT2D eigenvalue weighted by Crippen LogP contribution is -2.27. The van der Waals surface area contributed by atoms with E-state index in [0.29, 0.717) is 19.5 Å². The molecule has 0 spiro atoms. The number of carbonyl (C=O) groups is 1. The van der Waals surface area contributed by atoms with E-state index in [1.807, 2.05) is 6.92 Å². The molecule has 0 bridgehead atoms. The number of hydrogen-bond acceptors (Lipinski definition) is 5. The molecule has 0 saturated heterocycles. The van der Waals surface area contributed by atoms with Crippen LogP contribution in [0.15, 0.2) is 17.5 Å². The number of nitrogens with one attached hydrogen (secondary N) is 1. The summed E-state index contributed by atoms with van der Waals surface area (Å²) in [5.41, 5.74) is 6.36. The fourth-order valence-electron chi connectivity index (χ4n) is 1.67. The van der Waals surface area contributed by atoms with Crippen molar-refractivity contribution in [1.29, 1.82) is 0 Å². The summed E-state index contributed by atoms with van der Waals surface area (Å²) in [6.45, 7) is 3.07. The van der Waals surface area contributed by atoms with Gasteiger partial charge < -0.3 is 11.1 Å². The third-order valence-electron chi connectivity index (χ3n) is 2.60. The summed E-state index contributed by atoms with van der Waals surface area (Å²) in [7, 11) is 0. The maximum Gasteiger partial charge on any atom is 0.221 e. The molecule has 0 aliphatic heterocycles. The summed E-state index contributed by atoms with van der Waals surface area (Å²) in [5.74, 6) is 0.0226. The maximum absolute atomic E-state index is 11.3. The number of hydrogen-bond donors (Lipinski definition) is 2. The molecule has 0 aromatic carbocycles. The molecule has 3 N–H and O–H groups in total. The molecule has 0 aliphatic rings. The second-order valence-corrected chi connectivity index (χ2v) is 6.39. The quantitative estimate of drug-likeness (QED) is 0.858. The van der Waals surface area contributed by atoms with Gasteiger partial charge in [-0.15, -0.1) is 22.7 Å². The number of aryl methyl sites for hydroxylation is 1. The Balaban J connectivity index is 1.86. The molecule has 1 amide bonds. The van der Waals surface area contributed by atoms with Crippen molar-refractivity contribution in [3.8, 4) is 10.6 Å². The van der Waals surface area contributed by atoms with Crippen molar-refractivity contribution in [3.05, 3.63) is 27.4 Å². The fourth-order valence-corrected chi connectivity index (χ4v) is 3.33. The second kappa shape index (κ2) is 6.79. The molecule has 2 aromatic rings. The number of carbonyl (C=O) groups excluding carboxylic acids is 1. The highest BCUT2D eigenvalue weighted by molar-refractivity contribution is 7.16. The summed E-state index contributed by atoms with van der Waals surface area (Å²) in [6.07, 6.45) is 1.25. The first-order valence-electron chi connectivity index (χ1n) is 6.17. The predicted molar refractivity (Wildman–Crippen MR) is 80.5 cm³/mol. The molecule has 0 atom stereocenters. The molecule has 0 saturated carbocycles. The Bertz CT molecular complexity index is 548. The molecule has 0 radical (unpaired) electrons. The second-order valence-electron chi connectivity index (χ2n) is 4.16. The standard InChI is InChI=1S/C13H17N3OS2/c1-9-16-11(8-18-9)12-3-2-10(19-12)5-7-15-13(17)4-6-14/h2-3,8H,4-7,14H2,1H3,(H,15,17). The van der Waals surface area contributed by atoms with Crippen LogP contribution in [0.1, 0.15) is 16.3 Å². The van der Waals surface area contributed by atoms with Gasteiger partial charge in [-0.2, -0.15) is 0 Å². The number of aromatic nitrogens is 1.